The van der Waals surface area contributed by atoms with E-state index >= 15 is 0 Å². The highest BCUT2D eigenvalue weighted by atomic mass is 16.6. The maximum atomic E-state index is 11.5. The first kappa shape index (κ1) is 20.0. The van der Waals surface area contributed by atoms with Crippen molar-refractivity contribution < 1.29 is 9.53 Å². The van der Waals surface area contributed by atoms with E-state index in [2.05, 4.69) is 51.0 Å². The number of primary amides is 1. The van der Waals surface area contributed by atoms with E-state index in [1.54, 1.807) is 12.3 Å². The molecule has 1 saturated carbocycles. The van der Waals surface area contributed by atoms with Crippen LogP contribution in [0.25, 0.3) is 0 Å². The molecule has 0 spiro atoms. The molecule has 142 valence electrons. The Morgan fingerprint density at radius 2 is 2.00 bits per heavy atom. The van der Waals surface area contributed by atoms with Crippen LogP contribution in [-0.4, -0.2) is 23.2 Å². The van der Waals surface area contributed by atoms with Crippen molar-refractivity contribution in [3.05, 3.63) is 23.9 Å². The summed E-state index contributed by atoms with van der Waals surface area (Å²) in [7, 11) is 0. The molecule has 2 rings (SSSR count). The van der Waals surface area contributed by atoms with Gasteiger partial charge in [-0.2, -0.15) is 5.26 Å². The van der Waals surface area contributed by atoms with Crippen LogP contribution in [0, 0.1) is 27.6 Å². The Bertz CT molecular complexity index is 715. The van der Waals surface area contributed by atoms with Gasteiger partial charge in [0, 0.05) is 23.6 Å². The molecule has 1 heterocycles. The predicted octanol–water partition coefficient (Wildman–Crippen LogP) is 4.07. The minimum Gasteiger partial charge on any atom is -0.443 e. The Hall–Kier alpha value is -2.29. The lowest BCUT2D eigenvalue weighted by Gasteiger charge is -2.54. The molecule has 3 N–H and O–H groups in total. The largest absolute Gasteiger partial charge is 0.443 e. The number of nitrogens with one attached hydrogen (secondary N) is 1. The highest BCUT2D eigenvalue weighted by Gasteiger charge is 2.66. The molecule has 2 unspecified atom stereocenters. The van der Waals surface area contributed by atoms with E-state index in [9.17, 15) is 4.79 Å². The molecule has 0 saturated heterocycles. The van der Waals surface area contributed by atoms with E-state index < -0.39 is 11.7 Å². The molecule has 2 atom stereocenters. The van der Waals surface area contributed by atoms with Gasteiger partial charge in [0.2, 0.25) is 0 Å². The lowest BCUT2D eigenvalue weighted by Crippen LogP contribution is -2.56. The van der Waals surface area contributed by atoms with Gasteiger partial charge < -0.3 is 15.8 Å². The summed E-state index contributed by atoms with van der Waals surface area (Å²) in [5.41, 5.74) is 4.74. The molecule has 6 heteroatoms. The number of hydrogen-bond acceptors (Lipinski definition) is 5. The second-order valence-electron chi connectivity index (χ2n) is 9.01. The van der Waals surface area contributed by atoms with Crippen molar-refractivity contribution in [3.8, 4) is 6.07 Å². The maximum absolute atomic E-state index is 11.5. The summed E-state index contributed by atoms with van der Waals surface area (Å²) in [6.45, 7) is 13.6. The standard InChI is InChI=1S/C20H30N4O2/c1-17(2,3)20(13-24-15-8-7-14(11-21)12-23-15)10-9-19(6,18(20,4)5)26-16(22)25/h7-8,12H,9-10,13H2,1-6H3,(H2,22,25)(H,23,24). The number of nitrogens with two attached hydrogens (primary N) is 1. The summed E-state index contributed by atoms with van der Waals surface area (Å²) in [6.07, 6.45) is 2.48. The smallest absolute Gasteiger partial charge is 0.405 e. The third-order valence-corrected chi connectivity index (χ3v) is 6.77. The lowest BCUT2D eigenvalue weighted by molar-refractivity contribution is -0.109. The van der Waals surface area contributed by atoms with Crippen LogP contribution in [-0.2, 0) is 4.74 Å². The fraction of sp³-hybridized carbons (Fsp3) is 0.650. The fourth-order valence-electron chi connectivity index (χ4n) is 4.68. The first-order chi connectivity index (χ1) is 11.9. The number of aromatic nitrogens is 1. The third kappa shape index (κ3) is 3.11. The number of pyridine rings is 1. The number of carbonyl (C=O) groups is 1. The van der Waals surface area contributed by atoms with Crippen LogP contribution >= 0.6 is 0 Å². The molecule has 0 aromatic carbocycles. The van der Waals surface area contributed by atoms with Crippen molar-refractivity contribution in [1.82, 2.24) is 4.98 Å². The van der Waals surface area contributed by atoms with Gasteiger partial charge in [0.15, 0.2) is 0 Å². The molecule has 0 radical (unpaired) electrons. The van der Waals surface area contributed by atoms with Gasteiger partial charge in [-0.15, -0.1) is 0 Å². The Morgan fingerprint density at radius 1 is 1.35 bits per heavy atom. The molecule has 6 nitrogen and oxygen atoms in total. The van der Waals surface area contributed by atoms with Crippen LogP contribution in [0.4, 0.5) is 10.6 Å². The topological polar surface area (TPSA) is 101 Å². The molecule has 0 aliphatic heterocycles. The van der Waals surface area contributed by atoms with E-state index in [1.807, 2.05) is 13.0 Å². The quantitative estimate of drug-likeness (QED) is 0.845. The molecule has 1 aromatic rings. The zero-order valence-electron chi connectivity index (χ0n) is 16.6. The normalized spacial score (nSPS) is 27.6. The number of nitriles is 1. The summed E-state index contributed by atoms with van der Waals surface area (Å²) < 4.78 is 5.61. The van der Waals surface area contributed by atoms with E-state index in [0.717, 1.165) is 18.7 Å². The fourth-order valence-corrected chi connectivity index (χ4v) is 4.68. The summed E-state index contributed by atoms with van der Waals surface area (Å²) in [6, 6.07) is 5.64. The van der Waals surface area contributed by atoms with Crippen molar-refractivity contribution in [2.75, 3.05) is 11.9 Å². The van der Waals surface area contributed by atoms with E-state index in [1.165, 1.54) is 0 Å². The van der Waals surface area contributed by atoms with Crippen molar-refractivity contribution >= 4 is 11.9 Å². The second kappa shape index (κ2) is 6.46. The van der Waals surface area contributed by atoms with Gasteiger partial charge in [-0.3, -0.25) is 0 Å². The summed E-state index contributed by atoms with van der Waals surface area (Å²) in [5, 5.41) is 12.4. The van der Waals surface area contributed by atoms with Gasteiger partial charge in [0.1, 0.15) is 17.5 Å². The Kier molecular flexibility index (Phi) is 4.97. The van der Waals surface area contributed by atoms with Gasteiger partial charge in [0.25, 0.3) is 0 Å². The predicted molar refractivity (Wildman–Crippen MR) is 101 cm³/mol. The summed E-state index contributed by atoms with van der Waals surface area (Å²) in [4.78, 5) is 15.8. The molecule has 1 fully saturated rings. The lowest BCUT2D eigenvalue weighted by atomic mass is 9.52. The van der Waals surface area contributed by atoms with Crippen molar-refractivity contribution in [3.63, 3.8) is 0 Å². The van der Waals surface area contributed by atoms with E-state index in [4.69, 9.17) is 15.7 Å². The first-order valence-electron chi connectivity index (χ1n) is 8.97. The number of rotatable bonds is 4. The molecule has 1 amide bonds. The number of amides is 1. The molecule has 1 aliphatic carbocycles. The average molecular weight is 358 g/mol. The highest BCUT2D eigenvalue weighted by molar-refractivity contribution is 5.65. The van der Waals surface area contributed by atoms with Crippen molar-refractivity contribution in [2.24, 2.45) is 22.0 Å². The van der Waals surface area contributed by atoms with Crippen LogP contribution in [0.2, 0.25) is 0 Å². The van der Waals surface area contributed by atoms with Crippen LogP contribution in [0.1, 0.15) is 59.9 Å². The van der Waals surface area contributed by atoms with Crippen LogP contribution < -0.4 is 11.1 Å². The van der Waals surface area contributed by atoms with E-state index in [-0.39, 0.29) is 16.2 Å². The van der Waals surface area contributed by atoms with Crippen LogP contribution in [0.5, 0.6) is 0 Å². The van der Waals surface area contributed by atoms with Gasteiger partial charge in [-0.05, 0) is 37.3 Å². The monoisotopic (exact) mass is 358 g/mol. The number of ether oxygens (including phenoxy) is 1. The van der Waals surface area contributed by atoms with Crippen molar-refractivity contribution in [2.45, 2.75) is 60.0 Å². The van der Waals surface area contributed by atoms with Gasteiger partial charge >= 0.3 is 6.09 Å². The highest BCUT2D eigenvalue weighted by Crippen LogP contribution is 2.66. The number of anilines is 1. The van der Waals surface area contributed by atoms with E-state index in [0.29, 0.717) is 12.1 Å². The number of nitrogens with zero attached hydrogens (tertiary/aromatic N) is 2. The summed E-state index contributed by atoms with van der Waals surface area (Å²) >= 11 is 0. The molecular formula is C20H30N4O2. The molecule has 26 heavy (non-hydrogen) atoms. The number of hydrogen-bond donors (Lipinski definition) is 2. The molecular weight excluding hydrogens is 328 g/mol. The Labute approximate surface area is 156 Å². The third-order valence-electron chi connectivity index (χ3n) is 6.77. The van der Waals surface area contributed by atoms with Gasteiger partial charge in [-0.1, -0.05) is 34.6 Å². The van der Waals surface area contributed by atoms with Gasteiger partial charge in [0.05, 0.1) is 5.56 Å². The second-order valence-corrected chi connectivity index (χ2v) is 9.01. The summed E-state index contributed by atoms with van der Waals surface area (Å²) in [5.74, 6) is 0.729. The average Bonchev–Trinajstić information content (AvgIpc) is 2.72. The maximum Gasteiger partial charge on any atom is 0.405 e. The number of carbonyl (C=O) groups excluding carboxylic acids is 1. The Balaban J connectivity index is 2.34. The van der Waals surface area contributed by atoms with Gasteiger partial charge in [-0.25, -0.2) is 9.78 Å². The van der Waals surface area contributed by atoms with Crippen molar-refractivity contribution in [1.29, 1.82) is 5.26 Å². The first-order valence-corrected chi connectivity index (χ1v) is 8.97. The minimum atomic E-state index is -0.730. The van der Waals surface area contributed by atoms with Crippen LogP contribution in [0.15, 0.2) is 18.3 Å². The molecule has 1 aromatic heterocycles. The zero-order chi connectivity index (χ0) is 19.8. The molecule has 0 bridgehead atoms. The van der Waals surface area contributed by atoms with Crippen LogP contribution in [0.3, 0.4) is 0 Å². The zero-order valence-corrected chi connectivity index (χ0v) is 16.6. The molecule has 1 aliphatic rings. The Morgan fingerprint density at radius 3 is 2.46 bits per heavy atom. The minimum absolute atomic E-state index is 0.0468. The SMILES string of the molecule is CC(C)(C)C1(CNc2ccc(C#N)cn2)CCC(C)(OC(N)=O)C1(C)C.